The van der Waals surface area contributed by atoms with E-state index >= 15 is 0 Å². The van der Waals surface area contributed by atoms with Crippen LogP contribution in [0.3, 0.4) is 0 Å². The number of rotatable bonds is 4. The molecule has 0 aliphatic carbocycles. The smallest absolute Gasteiger partial charge is 0.306 e. The van der Waals surface area contributed by atoms with E-state index < -0.39 is 5.60 Å². The third-order valence-electron chi connectivity index (χ3n) is 4.04. The summed E-state index contributed by atoms with van der Waals surface area (Å²) in [5.74, 6) is 0.244. The number of benzene rings is 1. The first-order valence-electron chi connectivity index (χ1n) is 7.08. The fourth-order valence-electron chi connectivity index (χ4n) is 3.07. The van der Waals surface area contributed by atoms with Crippen LogP contribution in [0, 0.1) is 5.92 Å². The molecule has 0 spiro atoms. The SMILES string of the molecule is CCC(=O)O[C@]1(c2ccccc2)CN(C)C[C@@H]1CC. The van der Waals surface area contributed by atoms with E-state index in [0.717, 1.165) is 25.1 Å². The van der Waals surface area contributed by atoms with E-state index in [1.54, 1.807) is 0 Å². The normalized spacial score (nSPS) is 27.4. The molecule has 2 atom stereocenters. The lowest BCUT2D eigenvalue weighted by molar-refractivity contribution is -0.164. The number of likely N-dealkylation sites (tertiary alicyclic amines) is 1. The number of hydrogen-bond acceptors (Lipinski definition) is 3. The number of likely N-dealkylation sites (N-methyl/N-ethyl adjacent to an activating group) is 1. The number of nitrogens with zero attached hydrogens (tertiary/aromatic N) is 1. The van der Waals surface area contributed by atoms with E-state index in [4.69, 9.17) is 4.74 Å². The highest BCUT2D eigenvalue weighted by molar-refractivity contribution is 5.70. The van der Waals surface area contributed by atoms with Crippen LogP contribution in [-0.2, 0) is 15.1 Å². The number of carbonyl (C=O) groups excluding carboxylic acids is 1. The van der Waals surface area contributed by atoms with Gasteiger partial charge in [-0.15, -0.1) is 0 Å². The number of ether oxygens (including phenoxy) is 1. The molecule has 1 saturated heterocycles. The van der Waals surface area contributed by atoms with Crippen LogP contribution in [0.15, 0.2) is 30.3 Å². The minimum atomic E-state index is -0.474. The molecule has 19 heavy (non-hydrogen) atoms. The van der Waals surface area contributed by atoms with Gasteiger partial charge in [0.1, 0.15) is 0 Å². The maximum atomic E-state index is 11.9. The van der Waals surface area contributed by atoms with Gasteiger partial charge in [-0.2, -0.15) is 0 Å². The van der Waals surface area contributed by atoms with Gasteiger partial charge in [0.05, 0.1) is 0 Å². The Hall–Kier alpha value is -1.35. The summed E-state index contributed by atoms with van der Waals surface area (Å²) in [6.45, 7) is 5.77. The van der Waals surface area contributed by atoms with Gasteiger partial charge in [-0.1, -0.05) is 44.2 Å². The molecule has 0 unspecified atom stereocenters. The first-order chi connectivity index (χ1) is 9.12. The zero-order valence-electron chi connectivity index (χ0n) is 12.1. The average molecular weight is 261 g/mol. The second-order valence-corrected chi connectivity index (χ2v) is 5.39. The minimum Gasteiger partial charge on any atom is -0.452 e. The zero-order chi connectivity index (χ0) is 13.9. The standard InChI is InChI=1S/C16H23NO2/c1-4-13-11-17(3)12-16(13,19-15(18)5-2)14-9-7-6-8-10-14/h6-10,13H,4-5,11-12H2,1-3H3/t13-,16+/m0/s1. The van der Waals surface area contributed by atoms with Crippen molar-refractivity contribution in [3.63, 3.8) is 0 Å². The van der Waals surface area contributed by atoms with E-state index in [0.29, 0.717) is 12.3 Å². The summed E-state index contributed by atoms with van der Waals surface area (Å²) < 4.78 is 5.93. The first kappa shape index (κ1) is 14.1. The van der Waals surface area contributed by atoms with E-state index in [1.807, 2.05) is 25.1 Å². The van der Waals surface area contributed by atoms with Crippen LogP contribution in [-0.4, -0.2) is 31.0 Å². The Balaban J connectivity index is 2.41. The monoisotopic (exact) mass is 261 g/mol. The largest absolute Gasteiger partial charge is 0.452 e. The van der Waals surface area contributed by atoms with Crippen molar-refractivity contribution in [3.05, 3.63) is 35.9 Å². The average Bonchev–Trinajstić information content (AvgIpc) is 2.76. The summed E-state index contributed by atoms with van der Waals surface area (Å²) in [5, 5.41) is 0. The molecule has 0 aromatic heterocycles. The molecule has 0 saturated carbocycles. The fourth-order valence-corrected chi connectivity index (χ4v) is 3.07. The Morgan fingerprint density at radius 1 is 1.37 bits per heavy atom. The van der Waals surface area contributed by atoms with Crippen LogP contribution >= 0.6 is 0 Å². The molecule has 2 rings (SSSR count). The predicted molar refractivity (Wildman–Crippen MR) is 75.8 cm³/mol. The first-order valence-corrected chi connectivity index (χ1v) is 7.08. The summed E-state index contributed by atoms with van der Waals surface area (Å²) in [6, 6.07) is 10.2. The van der Waals surface area contributed by atoms with Crippen molar-refractivity contribution in [2.75, 3.05) is 20.1 Å². The molecular formula is C16H23NO2. The Bertz CT molecular complexity index is 432. The highest BCUT2D eigenvalue weighted by Crippen LogP contribution is 2.41. The molecule has 0 radical (unpaired) electrons. The Labute approximate surface area is 115 Å². The van der Waals surface area contributed by atoms with E-state index in [1.165, 1.54) is 0 Å². The van der Waals surface area contributed by atoms with Gasteiger partial charge in [0.15, 0.2) is 5.60 Å². The van der Waals surface area contributed by atoms with Gasteiger partial charge in [-0.05, 0) is 19.0 Å². The summed E-state index contributed by atoms with van der Waals surface area (Å²) in [7, 11) is 2.09. The molecular weight excluding hydrogens is 238 g/mol. The van der Waals surface area contributed by atoms with Gasteiger partial charge in [0.2, 0.25) is 0 Å². The zero-order valence-corrected chi connectivity index (χ0v) is 12.1. The van der Waals surface area contributed by atoms with E-state index in [-0.39, 0.29) is 5.97 Å². The Kier molecular flexibility index (Phi) is 4.25. The molecule has 104 valence electrons. The van der Waals surface area contributed by atoms with Crippen LogP contribution in [0.1, 0.15) is 32.3 Å². The summed E-state index contributed by atoms with van der Waals surface area (Å²) in [4.78, 5) is 14.1. The second-order valence-electron chi connectivity index (χ2n) is 5.39. The number of carbonyl (C=O) groups is 1. The third kappa shape index (κ3) is 2.66. The quantitative estimate of drug-likeness (QED) is 0.781. The van der Waals surface area contributed by atoms with Crippen molar-refractivity contribution in [1.29, 1.82) is 0 Å². The van der Waals surface area contributed by atoms with Crippen molar-refractivity contribution in [3.8, 4) is 0 Å². The topological polar surface area (TPSA) is 29.5 Å². The fraction of sp³-hybridized carbons (Fsp3) is 0.562. The van der Waals surface area contributed by atoms with Crippen molar-refractivity contribution in [1.82, 2.24) is 4.90 Å². The lowest BCUT2D eigenvalue weighted by Gasteiger charge is -2.34. The molecule has 1 aliphatic rings. The molecule has 1 fully saturated rings. The molecule has 3 nitrogen and oxygen atoms in total. The second kappa shape index (κ2) is 5.74. The lowest BCUT2D eigenvalue weighted by Crippen LogP contribution is -2.40. The molecule has 1 aromatic carbocycles. The highest BCUT2D eigenvalue weighted by Gasteiger charge is 2.48. The van der Waals surface area contributed by atoms with Gasteiger partial charge >= 0.3 is 5.97 Å². The predicted octanol–water partition coefficient (Wildman–Crippen LogP) is 2.81. The third-order valence-corrected chi connectivity index (χ3v) is 4.04. The molecule has 0 bridgehead atoms. The summed E-state index contributed by atoms with van der Waals surface area (Å²) in [5.41, 5.74) is 0.644. The minimum absolute atomic E-state index is 0.113. The number of esters is 1. The van der Waals surface area contributed by atoms with Gasteiger partial charge < -0.3 is 9.64 Å². The van der Waals surface area contributed by atoms with E-state index in [9.17, 15) is 4.79 Å². The van der Waals surface area contributed by atoms with Crippen LogP contribution in [0.2, 0.25) is 0 Å². The van der Waals surface area contributed by atoms with Gasteiger partial charge in [-0.25, -0.2) is 0 Å². The van der Waals surface area contributed by atoms with E-state index in [2.05, 4.69) is 31.0 Å². The Morgan fingerprint density at radius 3 is 2.63 bits per heavy atom. The van der Waals surface area contributed by atoms with Crippen molar-refractivity contribution in [2.24, 2.45) is 5.92 Å². The van der Waals surface area contributed by atoms with Crippen LogP contribution in [0.5, 0.6) is 0 Å². The Morgan fingerprint density at radius 2 is 2.05 bits per heavy atom. The van der Waals surface area contributed by atoms with Crippen molar-refractivity contribution in [2.45, 2.75) is 32.3 Å². The van der Waals surface area contributed by atoms with Crippen molar-refractivity contribution < 1.29 is 9.53 Å². The van der Waals surface area contributed by atoms with Crippen molar-refractivity contribution >= 4 is 5.97 Å². The molecule has 1 heterocycles. The van der Waals surface area contributed by atoms with Gasteiger partial charge in [-0.3, -0.25) is 4.79 Å². The van der Waals surface area contributed by atoms with Gasteiger partial charge in [0.25, 0.3) is 0 Å². The molecule has 0 N–H and O–H groups in total. The summed E-state index contributed by atoms with van der Waals surface area (Å²) in [6.07, 6.45) is 1.44. The maximum Gasteiger partial charge on any atom is 0.306 e. The maximum absolute atomic E-state index is 11.9. The number of hydrogen-bond donors (Lipinski definition) is 0. The molecule has 1 aromatic rings. The van der Waals surface area contributed by atoms with Crippen LogP contribution in [0.25, 0.3) is 0 Å². The van der Waals surface area contributed by atoms with Crippen LogP contribution in [0.4, 0.5) is 0 Å². The van der Waals surface area contributed by atoms with Crippen LogP contribution < -0.4 is 0 Å². The molecule has 1 aliphatic heterocycles. The summed E-state index contributed by atoms with van der Waals surface area (Å²) >= 11 is 0. The molecule has 0 amide bonds. The van der Waals surface area contributed by atoms with Gasteiger partial charge in [0, 0.05) is 25.4 Å². The highest BCUT2D eigenvalue weighted by atomic mass is 16.6. The molecule has 3 heteroatoms. The lowest BCUT2D eigenvalue weighted by atomic mass is 9.82.